The minimum Gasteiger partial charge on any atom is -0.494 e. The van der Waals surface area contributed by atoms with Crippen molar-refractivity contribution in [3.8, 4) is 17.1 Å². The Morgan fingerprint density at radius 2 is 2.00 bits per heavy atom. The fraction of sp³-hybridized carbons (Fsp3) is 0.250. The fourth-order valence-electron chi connectivity index (χ4n) is 2.63. The van der Waals surface area contributed by atoms with Crippen molar-refractivity contribution in [2.75, 3.05) is 18.1 Å². The van der Waals surface area contributed by atoms with Gasteiger partial charge in [-0.1, -0.05) is 0 Å². The van der Waals surface area contributed by atoms with Crippen molar-refractivity contribution in [1.82, 2.24) is 14.8 Å². The third-order valence-corrected chi connectivity index (χ3v) is 4.31. The average molecular weight is 346 g/mol. The van der Waals surface area contributed by atoms with E-state index in [1.54, 1.807) is 23.0 Å². The highest BCUT2D eigenvalue weighted by molar-refractivity contribution is 7.92. The van der Waals surface area contributed by atoms with E-state index in [0.29, 0.717) is 11.4 Å². The lowest BCUT2D eigenvalue weighted by Crippen LogP contribution is -2.10. The monoisotopic (exact) mass is 346 g/mol. The smallest absolute Gasteiger partial charge is 0.229 e. The second-order valence-corrected chi connectivity index (χ2v) is 7.36. The number of aryl methyl sites for hydroxylation is 2. The van der Waals surface area contributed by atoms with E-state index in [1.807, 2.05) is 26.1 Å². The molecule has 0 fully saturated rings. The minimum atomic E-state index is -3.40. The molecule has 24 heavy (non-hydrogen) atoms. The summed E-state index contributed by atoms with van der Waals surface area (Å²) in [4.78, 5) is 4.67. The number of methoxy groups -OCH3 is 1. The maximum absolute atomic E-state index is 11.5. The first-order chi connectivity index (χ1) is 11.3. The summed E-state index contributed by atoms with van der Waals surface area (Å²) in [6.07, 6.45) is 2.82. The van der Waals surface area contributed by atoms with Gasteiger partial charge in [-0.25, -0.2) is 13.4 Å². The van der Waals surface area contributed by atoms with Crippen LogP contribution in [0, 0.1) is 6.92 Å². The van der Waals surface area contributed by atoms with Gasteiger partial charge in [0.05, 0.1) is 36.0 Å². The standard InChI is InChI=1S/C16H18N4O3S/c1-10-7-13(15-5-6-17-20(15)2)18-12-9-16(23-3)14(8-11(10)12)19-24(4,21)22/h5-9,19H,1-4H3. The van der Waals surface area contributed by atoms with Crippen molar-refractivity contribution in [3.63, 3.8) is 0 Å². The van der Waals surface area contributed by atoms with Gasteiger partial charge in [-0.2, -0.15) is 5.10 Å². The van der Waals surface area contributed by atoms with Crippen LogP contribution in [-0.2, 0) is 17.1 Å². The molecular formula is C16H18N4O3S. The van der Waals surface area contributed by atoms with E-state index >= 15 is 0 Å². The molecule has 8 heteroatoms. The zero-order valence-electron chi connectivity index (χ0n) is 13.9. The number of ether oxygens (including phenoxy) is 1. The molecule has 0 bridgehead atoms. The maximum Gasteiger partial charge on any atom is 0.229 e. The van der Waals surface area contributed by atoms with E-state index in [-0.39, 0.29) is 0 Å². The van der Waals surface area contributed by atoms with Gasteiger partial charge in [-0.15, -0.1) is 0 Å². The Morgan fingerprint density at radius 3 is 2.58 bits per heavy atom. The Hall–Kier alpha value is -2.61. The highest BCUT2D eigenvalue weighted by Gasteiger charge is 2.14. The van der Waals surface area contributed by atoms with E-state index in [4.69, 9.17) is 4.74 Å². The number of sulfonamides is 1. The van der Waals surface area contributed by atoms with Gasteiger partial charge in [-0.05, 0) is 30.7 Å². The number of fused-ring (bicyclic) bond motifs is 1. The van der Waals surface area contributed by atoms with E-state index in [9.17, 15) is 8.42 Å². The quantitative estimate of drug-likeness (QED) is 0.783. The minimum absolute atomic E-state index is 0.394. The molecule has 2 heterocycles. The maximum atomic E-state index is 11.5. The van der Waals surface area contributed by atoms with Crippen LogP contribution in [0.15, 0.2) is 30.5 Å². The molecule has 0 radical (unpaired) electrons. The second kappa shape index (κ2) is 5.79. The van der Waals surface area contributed by atoms with Crippen molar-refractivity contribution in [2.24, 2.45) is 7.05 Å². The average Bonchev–Trinajstić information content (AvgIpc) is 2.91. The highest BCUT2D eigenvalue weighted by atomic mass is 32.2. The molecule has 0 spiro atoms. The number of benzene rings is 1. The number of nitrogens with one attached hydrogen (secondary N) is 1. The predicted molar refractivity (Wildman–Crippen MR) is 93.7 cm³/mol. The summed E-state index contributed by atoms with van der Waals surface area (Å²) in [7, 11) is -0.0526. The third kappa shape index (κ3) is 3.05. The van der Waals surface area contributed by atoms with Gasteiger partial charge in [0.1, 0.15) is 5.75 Å². The fourth-order valence-corrected chi connectivity index (χ4v) is 3.19. The summed E-state index contributed by atoms with van der Waals surface area (Å²) in [6.45, 7) is 1.96. The van der Waals surface area contributed by atoms with Crippen molar-refractivity contribution in [1.29, 1.82) is 0 Å². The van der Waals surface area contributed by atoms with E-state index in [2.05, 4.69) is 14.8 Å². The number of nitrogens with zero attached hydrogens (tertiary/aromatic N) is 3. The molecule has 126 valence electrons. The Balaban J connectivity index is 2.22. The van der Waals surface area contributed by atoms with Gasteiger partial charge in [0.2, 0.25) is 10.0 Å². The van der Waals surface area contributed by atoms with Crippen LogP contribution < -0.4 is 9.46 Å². The molecule has 2 aromatic heterocycles. The van der Waals surface area contributed by atoms with E-state index in [1.165, 1.54) is 7.11 Å². The highest BCUT2D eigenvalue weighted by Crippen LogP contribution is 2.33. The van der Waals surface area contributed by atoms with Crippen molar-refractivity contribution in [3.05, 3.63) is 36.0 Å². The van der Waals surface area contributed by atoms with E-state index in [0.717, 1.165) is 34.1 Å². The van der Waals surface area contributed by atoms with Gasteiger partial charge in [-0.3, -0.25) is 9.40 Å². The molecule has 1 N–H and O–H groups in total. The van der Waals surface area contributed by atoms with Crippen LogP contribution in [0.3, 0.4) is 0 Å². The summed E-state index contributed by atoms with van der Waals surface area (Å²) in [6, 6.07) is 7.32. The lowest BCUT2D eigenvalue weighted by molar-refractivity contribution is 0.417. The molecule has 7 nitrogen and oxygen atoms in total. The molecule has 3 aromatic rings. The zero-order chi connectivity index (χ0) is 17.5. The number of anilines is 1. The van der Waals surface area contributed by atoms with E-state index < -0.39 is 10.0 Å². The number of rotatable bonds is 4. The largest absolute Gasteiger partial charge is 0.494 e. The van der Waals surface area contributed by atoms with Crippen LogP contribution in [0.25, 0.3) is 22.3 Å². The van der Waals surface area contributed by atoms with Crippen LogP contribution in [0.4, 0.5) is 5.69 Å². The van der Waals surface area contributed by atoms with Gasteiger partial charge < -0.3 is 4.74 Å². The number of hydrogen-bond acceptors (Lipinski definition) is 5. The van der Waals surface area contributed by atoms with Crippen LogP contribution >= 0.6 is 0 Å². The molecule has 0 saturated heterocycles. The zero-order valence-corrected chi connectivity index (χ0v) is 14.7. The Kier molecular flexibility index (Phi) is 3.92. The second-order valence-electron chi connectivity index (χ2n) is 5.61. The first-order valence-electron chi connectivity index (χ1n) is 7.24. The molecule has 0 unspecified atom stereocenters. The molecule has 0 saturated carbocycles. The summed E-state index contributed by atoms with van der Waals surface area (Å²) in [5.41, 5.74) is 3.80. The van der Waals surface area contributed by atoms with Crippen LogP contribution in [-0.4, -0.2) is 36.5 Å². The van der Waals surface area contributed by atoms with Gasteiger partial charge in [0.25, 0.3) is 0 Å². The predicted octanol–water partition coefficient (Wildman–Crippen LogP) is 2.32. The van der Waals surface area contributed by atoms with Crippen molar-refractivity contribution >= 4 is 26.6 Å². The van der Waals surface area contributed by atoms with Crippen molar-refractivity contribution in [2.45, 2.75) is 6.92 Å². The molecule has 0 aliphatic rings. The summed E-state index contributed by atoms with van der Waals surface area (Å²) in [5, 5.41) is 5.02. The number of hydrogen-bond donors (Lipinski definition) is 1. The molecule has 0 aliphatic carbocycles. The third-order valence-electron chi connectivity index (χ3n) is 3.72. The van der Waals surface area contributed by atoms with Crippen molar-refractivity contribution < 1.29 is 13.2 Å². The lowest BCUT2D eigenvalue weighted by atomic mass is 10.1. The topological polar surface area (TPSA) is 86.1 Å². The van der Waals surface area contributed by atoms with Gasteiger partial charge in [0, 0.05) is 24.7 Å². The molecule has 0 amide bonds. The molecular weight excluding hydrogens is 328 g/mol. The van der Waals surface area contributed by atoms with Gasteiger partial charge >= 0.3 is 0 Å². The Labute approximate surface area is 140 Å². The summed E-state index contributed by atoms with van der Waals surface area (Å²) in [5.74, 6) is 0.419. The SMILES string of the molecule is COc1cc2nc(-c3ccnn3C)cc(C)c2cc1NS(C)(=O)=O. The first-order valence-corrected chi connectivity index (χ1v) is 9.13. The number of aromatic nitrogens is 3. The lowest BCUT2D eigenvalue weighted by Gasteiger charge is -2.13. The summed E-state index contributed by atoms with van der Waals surface area (Å²) < 4.78 is 32.6. The van der Waals surface area contributed by atoms with Crippen LogP contribution in [0.1, 0.15) is 5.56 Å². The van der Waals surface area contributed by atoms with Crippen LogP contribution in [0.5, 0.6) is 5.75 Å². The Bertz CT molecular complexity index is 1030. The molecule has 0 atom stereocenters. The number of pyridine rings is 1. The first kappa shape index (κ1) is 16.3. The molecule has 3 rings (SSSR count). The summed E-state index contributed by atoms with van der Waals surface area (Å²) >= 11 is 0. The Morgan fingerprint density at radius 1 is 1.25 bits per heavy atom. The van der Waals surface area contributed by atoms with Crippen LogP contribution in [0.2, 0.25) is 0 Å². The molecule has 1 aromatic carbocycles. The molecule has 0 aliphatic heterocycles. The van der Waals surface area contributed by atoms with Gasteiger partial charge in [0.15, 0.2) is 0 Å². The normalized spacial score (nSPS) is 11.7.